The minimum atomic E-state index is -0.179. The molecule has 6 nitrogen and oxygen atoms in total. The number of aryl methyl sites for hydroxylation is 1. The van der Waals surface area contributed by atoms with Crippen LogP contribution in [0.2, 0.25) is 0 Å². The smallest absolute Gasteiger partial charge is 0.267 e. The summed E-state index contributed by atoms with van der Waals surface area (Å²) < 4.78 is 6.70. The van der Waals surface area contributed by atoms with E-state index < -0.39 is 0 Å². The van der Waals surface area contributed by atoms with Crippen molar-refractivity contribution in [3.8, 4) is 11.4 Å². The molecule has 0 saturated carbocycles. The van der Waals surface area contributed by atoms with Crippen LogP contribution >= 0.6 is 23.1 Å². The minimum absolute atomic E-state index is 0.126. The van der Waals surface area contributed by atoms with Crippen molar-refractivity contribution in [3.05, 3.63) is 75.9 Å². The number of amides is 1. The number of nitrogens with one attached hydrogen (secondary N) is 1. The first-order valence-corrected chi connectivity index (χ1v) is 11.0. The molecule has 0 saturated heterocycles. The van der Waals surface area contributed by atoms with Crippen LogP contribution in [-0.4, -0.2) is 28.3 Å². The lowest BCUT2D eigenvalue weighted by Crippen LogP contribution is -2.22. The fraction of sp³-hybridized carbons (Fsp3) is 0.136. The first-order valence-electron chi connectivity index (χ1n) is 9.20. The summed E-state index contributed by atoms with van der Waals surface area (Å²) in [5.41, 5.74) is 1.27. The van der Waals surface area contributed by atoms with Gasteiger partial charge >= 0.3 is 0 Å². The van der Waals surface area contributed by atoms with E-state index in [-0.39, 0.29) is 17.2 Å². The number of fused-ring (bicyclic) bond motifs is 1. The molecule has 1 amide bonds. The van der Waals surface area contributed by atoms with E-state index in [4.69, 9.17) is 4.74 Å². The first kappa shape index (κ1) is 20.2. The van der Waals surface area contributed by atoms with Crippen molar-refractivity contribution in [2.45, 2.75) is 12.1 Å². The van der Waals surface area contributed by atoms with Crippen LogP contribution in [0.25, 0.3) is 15.9 Å². The number of nitrogens with zero attached hydrogens (tertiary/aromatic N) is 2. The third-order valence-corrected chi connectivity index (χ3v) is 6.26. The van der Waals surface area contributed by atoms with Crippen molar-refractivity contribution in [1.29, 1.82) is 0 Å². The Bertz CT molecular complexity index is 1250. The van der Waals surface area contributed by atoms with Gasteiger partial charge in [-0.3, -0.25) is 14.2 Å². The van der Waals surface area contributed by atoms with Gasteiger partial charge in [-0.05, 0) is 49.4 Å². The number of thiophene rings is 1. The van der Waals surface area contributed by atoms with E-state index in [0.29, 0.717) is 21.1 Å². The van der Waals surface area contributed by atoms with Crippen molar-refractivity contribution in [2.75, 3.05) is 18.2 Å². The normalized spacial score (nSPS) is 10.9. The van der Waals surface area contributed by atoms with Crippen LogP contribution < -0.4 is 15.6 Å². The molecule has 0 bridgehead atoms. The van der Waals surface area contributed by atoms with E-state index in [2.05, 4.69) is 10.3 Å². The van der Waals surface area contributed by atoms with Gasteiger partial charge in [0, 0.05) is 10.6 Å². The van der Waals surface area contributed by atoms with Gasteiger partial charge in [-0.1, -0.05) is 30.0 Å². The summed E-state index contributed by atoms with van der Waals surface area (Å²) in [4.78, 5) is 32.0. The average Bonchev–Trinajstić information content (AvgIpc) is 3.14. The van der Waals surface area contributed by atoms with Crippen LogP contribution in [0, 0.1) is 6.92 Å². The number of aromatic nitrogens is 2. The molecule has 0 aliphatic heterocycles. The predicted octanol–water partition coefficient (Wildman–Crippen LogP) is 4.50. The van der Waals surface area contributed by atoms with Gasteiger partial charge in [0.05, 0.1) is 23.9 Å². The Labute approximate surface area is 181 Å². The largest absolute Gasteiger partial charge is 0.497 e. The maximum Gasteiger partial charge on any atom is 0.267 e. The number of hydrogen-bond acceptors (Lipinski definition) is 6. The highest BCUT2D eigenvalue weighted by molar-refractivity contribution is 7.99. The highest BCUT2D eigenvalue weighted by Gasteiger charge is 2.16. The molecule has 2 heterocycles. The zero-order chi connectivity index (χ0) is 21.1. The third-order valence-electron chi connectivity index (χ3n) is 4.38. The topological polar surface area (TPSA) is 73.2 Å². The minimum Gasteiger partial charge on any atom is -0.497 e. The molecule has 1 N–H and O–H groups in total. The highest BCUT2D eigenvalue weighted by Crippen LogP contribution is 2.26. The number of methoxy groups -OCH3 is 1. The Balaban J connectivity index is 1.61. The van der Waals surface area contributed by atoms with Crippen molar-refractivity contribution < 1.29 is 9.53 Å². The Hall–Kier alpha value is -3.10. The Kier molecular flexibility index (Phi) is 5.87. The standard InChI is InChI=1S/C22H19N3O3S2/c1-14-12-18-20(30-14)24-22(25(21(18)27)16-6-4-3-5-7-16)29-13-19(26)23-15-8-10-17(28-2)11-9-15/h3-12H,13H2,1-2H3,(H,23,26). The maximum absolute atomic E-state index is 13.2. The van der Waals surface area contributed by atoms with Gasteiger partial charge in [0.1, 0.15) is 10.6 Å². The number of carbonyl (C=O) groups excluding carboxylic acids is 1. The molecule has 0 fully saturated rings. The lowest BCUT2D eigenvalue weighted by atomic mass is 10.3. The number of thioether (sulfide) groups is 1. The van der Waals surface area contributed by atoms with Gasteiger partial charge in [0.15, 0.2) is 5.16 Å². The molecule has 8 heteroatoms. The number of hydrogen-bond donors (Lipinski definition) is 1. The number of rotatable bonds is 6. The fourth-order valence-corrected chi connectivity index (χ4v) is 4.72. The predicted molar refractivity (Wildman–Crippen MR) is 122 cm³/mol. The van der Waals surface area contributed by atoms with E-state index in [0.717, 1.165) is 16.3 Å². The van der Waals surface area contributed by atoms with E-state index in [9.17, 15) is 9.59 Å². The lowest BCUT2D eigenvalue weighted by Gasteiger charge is -2.12. The summed E-state index contributed by atoms with van der Waals surface area (Å²) >= 11 is 2.71. The van der Waals surface area contributed by atoms with Gasteiger partial charge in [-0.15, -0.1) is 11.3 Å². The third kappa shape index (κ3) is 4.24. The number of para-hydroxylation sites is 1. The number of carbonyl (C=O) groups is 1. The van der Waals surface area contributed by atoms with Crippen LogP contribution in [0.3, 0.4) is 0 Å². The van der Waals surface area contributed by atoms with Gasteiger partial charge in [-0.25, -0.2) is 4.98 Å². The zero-order valence-electron chi connectivity index (χ0n) is 16.4. The van der Waals surface area contributed by atoms with Crippen LogP contribution in [0.15, 0.2) is 70.6 Å². The molecule has 0 radical (unpaired) electrons. The summed E-state index contributed by atoms with van der Waals surface area (Å²) in [6.45, 7) is 1.95. The average molecular weight is 438 g/mol. The zero-order valence-corrected chi connectivity index (χ0v) is 18.0. The molecule has 0 unspecified atom stereocenters. The summed E-state index contributed by atoms with van der Waals surface area (Å²) in [7, 11) is 1.59. The molecule has 0 aliphatic carbocycles. The molecular formula is C22H19N3O3S2. The molecule has 2 aromatic heterocycles. The number of anilines is 1. The maximum atomic E-state index is 13.2. The molecular weight excluding hydrogens is 418 g/mol. The van der Waals surface area contributed by atoms with Gasteiger partial charge < -0.3 is 10.1 Å². The Morgan fingerprint density at radius 3 is 2.60 bits per heavy atom. The van der Waals surface area contributed by atoms with Crippen molar-refractivity contribution in [3.63, 3.8) is 0 Å². The van der Waals surface area contributed by atoms with E-state index in [1.165, 1.54) is 23.1 Å². The van der Waals surface area contributed by atoms with Gasteiger partial charge in [0.2, 0.25) is 5.91 Å². The molecule has 4 rings (SSSR count). The van der Waals surface area contributed by atoms with Crippen molar-refractivity contribution >= 4 is 44.9 Å². The van der Waals surface area contributed by atoms with E-state index in [1.54, 1.807) is 35.9 Å². The second-order valence-electron chi connectivity index (χ2n) is 6.51. The SMILES string of the molecule is COc1ccc(NC(=O)CSc2nc3sc(C)cc3c(=O)n2-c2ccccc2)cc1. The summed E-state index contributed by atoms with van der Waals surface area (Å²) in [6.07, 6.45) is 0. The van der Waals surface area contributed by atoms with E-state index in [1.807, 2.05) is 43.3 Å². The molecule has 0 aliphatic rings. The summed E-state index contributed by atoms with van der Waals surface area (Å²) in [5, 5.41) is 3.93. The monoisotopic (exact) mass is 437 g/mol. The van der Waals surface area contributed by atoms with Crippen LogP contribution in [0.4, 0.5) is 5.69 Å². The summed E-state index contributed by atoms with van der Waals surface area (Å²) in [5.74, 6) is 0.667. The molecule has 30 heavy (non-hydrogen) atoms. The van der Waals surface area contributed by atoms with Gasteiger partial charge in [-0.2, -0.15) is 0 Å². The number of benzene rings is 2. The highest BCUT2D eigenvalue weighted by atomic mass is 32.2. The second-order valence-corrected chi connectivity index (χ2v) is 8.69. The van der Waals surface area contributed by atoms with Gasteiger partial charge in [0.25, 0.3) is 5.56 Å². The Morgan fingerprint density at radius 2 is 1.90 bits per heavy atom. The van der Waals surface area contributed by atoms with Crippen LogP contribution in [0.1, 0.15) is 4.88 Å². The molecule has 0 atom stereocenters. The van der Waals surface area contributed by atoms with E-state index >= 15 is 0 Å². The Morgan fingerprint density at radius 1 is 1.17 bits per heavy atom. The van der Waals surface area contributed by atoms with Crippen LogP contribution in [-0.2, 0) is 4.79 Å². The first-order chi connectivity index (χ1) is 14.5. The second kappa shape index (κ2) is 8.73. The molecule has 4 aromatic rings. The molecule has 152 valence electrons. The number of ether oxygens (including phenoxy) is 1. The van der Waals surface area contributed by atoms with Crippen molar-refractivity contribution in [2.24, 2.45) is 0 Å². The van der Waals surface area contributed by atoms with Crippen LogP contribution in [0.5, 0.6) is 5.75 Å². The van der Waals surface area contributed by atoms with Crippen molar-refractivity contribution in [1.82, 2.24) is 9.55 Å². The quantitative estimate of drug-likeness (QED) is 0.355. The fourth-order valence-electron chi connectivity index (χ4n) is 2.99. The summed E-state index contributed by atoms with van der Waals surface area (Å²) in [6, 6.07) is 18.3. The lowest BCUT2D eigenvalue weighted by molar-refractivity contribution is -0.113. The molecule has 0 spiro atoms. The molecule has 2 aromatic carbocycles.